The van der Waals surface area contributed by atoms with Gasteiger partial charge in [-0.1, -0.05) is 0 Å². The molecule has 3 rings (SSSR count). The SMILES string of the molecule is O=C1CN2CCCCC2=C1n1ccc(=O)[nH]c1=O. The summed E-state index contributed by atoms with van der Waals surface area (Å²) in [6.45, 7) is 1.21. The van der Waals surface area contributed by atoms with Crippen molar-refractivity contribution in [3.63, 3.8) is 0 Å². The van der Waals surface area contributed by atoms with Crippen LogP contribution in [-0.4, -0.2) is 33.3 Å². The van der Waals surface area contributed by atoms with Gasteiger partial charge in [0, 0.05) is 24.5 Å². The van der Waals surface area contributed by atoms with Crippen molar-refractivity contribution in [2.45, 2.75) is 19.3 Å². The molecule has 94 valence electrons. The van der Waals surface area contributed by atoms with Gasteiger partial charge in [0.1, 0.15) is 5.70 Å². The molecule has 3 heterocycles. The van der Waals surface area contributed by atoms with Crippen LogP contribution >= 0.6 is 0 Å². The van der Waals surface area contributed by atoms with Crippen molar-refractivity contribution in [1.29, 1.82) is 0 Å². The number of aromatic amines is 1. The number of allylic oxidation sites excluding steroid dienone is 1. The average molecular weight is 247 g/mol. The highest BCUT2D eigenvalue weighted by Crippen LogP contribution is 2.30. The standard InChI is InChI=1S/C12H13N3O3/c16-9-7-14-5-2-1-3-8(14)11(9)15-6-4-10(17)13-12(15)18/h4,6H,1-3,5,7H2,(H,13,17,18). The Morgan fingerprint density at radius 2 is 2.00 bits per heavy atom. The molecule has 1 aromatic heterocycles. The summed E-state index contributed by atoms with van der Waals surface area (Å²) in [5.41, 5.74) is 0.356. The normalized spacial score (nSPS) is 19.3. The van der Waals surface area contributed by atoms with E-state index in [-0.39, 0.29) is 5.78 Å². The van der Waals surface area contributed by atoms with Crippen LogP contribution in [0.1, 0.15) is 19.3 Å². The number of H-pyrrole nitrogens is 1. The fraction of sp³-hybridized carbons (Fsp3) is 0.417. The van der Waals surface area contributed by atoms with Crippen molar-refractivity contribution >= 4 is 11.5 Å². The molecule has 1 fully saturated rings. The average Bonchev–Trinajstić information content (AvgIpc) is 2.66. The van der Waals surface area contributed by atoms with Gasteiger partial charge < -0.3 is 4.90 Å². The number of ketones is 1. The van der Waals surface area contributed by atoms with E-state index < -0.39 is 11.2 Å². The smallest absolute Gasteiger partial charge is 0.333 e. The van der Waals surface area contributed by atoms with E-state index in [4.69, 9.17) is 0 Å². The van der Waals surface area contributed by atoms with E-state index in [1.807, 2.05) is 4.90 Å². The first kappa shape index (κ1) is 11.0. The molecule has 0 aromatic carbocycles. The number of rotatable bonds is 1. The zero-order valence-electron chi connectivity index (χ0n) is 9.81. The second-order valence-electron chi connectivity index (χ2n) is 4.58. The van der Waals surface area contributed by atoms with Crippen LogP contribution in [0.2, 0.25) is 0 Å². The predicted octanol–water partition coefficient (Wildman–Crippen LogP) is -0.226. The summed E-state index contributed by atoms with van der Waals surface area (Å²) in [6, 6.07) is 1.26. The third kappa shape index (κ3) is 1.61. The molecule has 0 atom stereocenters. The number of Topliss-reactive ketones (excluding diaryl/α,β-unsaturated/α-hetero) is 1. The van der Waals surface area contributed by atoms with Gasteiger partial charge in [0.15, 0.2) is 0 Å². The van der Waals surface area contributed by atoms with E-state index in [1.54, 1.807) is 0 Å². The third-order valence-corrected chi connectivity index (χ3v) is 3.41. The summed E-state index contributed by atoms with van der Waals surface area (Å²) >= 11 is 0. The Hall–Kier alpha value is -2.11. The lowest BCUT2D eigenvalue weighted by Crippen LogP contribution is -2.30. The first-order chi connectivity index (χ1) is 8.66. The second-order valence-corrected chi connectivity index (χ2v) is 4.58. The first-order valence-electron chi connectivity index (χ1n) is 6.00. The number of piperidine rings is 1. The molecule has 0 unspecified atom stereocenters. The van der Waals surface area contributed by atoms with Gasteiger partial charge >= 0.3 is 5.69 Å². The van der Waals surface area contributed by atoms with Gasteiger partial charge in [-0.05, 0) is 19.3 Å². The molecule has 0 aliphatic carbocycles. The number of hydrogen-bond acceptors (Lipinski definition) is 4. The minimum absolute atomic E-state index is 0.0546. The number of nitrogens with one attached hydrogen (secondary N) is 1. The molecule has 6 heteroatoms. The van der Waals surface area contributed by atoms with Crippen molar-refractivity contribution in [1.82, 2.24) is 14.5 Å². The van der Waals surface area contributed by atoms with Gasteiger partial charge in [-0.2, -0.15) is 0 Å². The van der Waals surface area contributed by atoms with Crippen LogP contribution in [0.5, 0.6) is 0 Å². The molecule has 2 aliphatic rings. The minimum atomic E-state index is -0.550. The predicted molar refractivity (Wildman–Crippen MR) is 65.0 cm³/mol. The monoisotopic (exact) mass is 247 g/mol. The van der Waals surface area contributed by atoms with Gasteiger partial charge in [-0.3, -0.25) is 19.1 Å². The lowest BCUT2D eigenvalue weighted by atomic mass is 10.1. The maximum atomic E-state index is 12.0. The molecular weight excluding hydrogens is 234 g/mol. The van der Waals surface area contributed by atoms with Crippen LogP contribution in [0.4, 0.5) is 0 Å². The van der Waals surface area contributed by atoms with Crippen LogP contribution in [0.3, 0.4) is 0 Å². The number of carbonyl (C=O) groups is 1. The summed E-state index contributed by atoms with van der Waals surface area (Å²) in [4.78, 5) is 39.0. The Morgan fingerprint density at radius 1 is 1.17 bits per heavy atom. The Morgan fingerprint density at radius 3 is 2.78 bits per heavy atom. The minimum Gasteiger partial charge on any atom is -0.365 e. The topological polar surface area (TPSA) is 75.2 Å². The van der Waals surface area contributed by atoms with Crippen molar-refractivity contribution in [2.75, 3.05) is 13.1 Å². The zero-order valence-corrected chi connectivity index (χ0v) is 9.81. The van der Waals surface area contributed by atoms with Gasteiger partial charge in [0.2, 0.25) is 5.78 Å². The highest BCUT2D eigenvalue weighted by Gasteiger charge is 2.32. The number of nitrogens with zero attached hydrogens (tertiary/aromatic N) is 2. The van der Waals surface area contributed by atoms with Gasteiger partial charge in [0.25, 0.3) is 5.56 Å². The fourth-order valence-corrected chi connectivity index (χ4v) is 2.61. The largest absolute Gasteiger partial charge is 0.365 e. The molecule has 1 saturated heterocycles. The van der Waals surface area contributed by atoms with E-state index in [2.05, 4.69) is 4.98 Å². The van der Waals surface area contributed by atoms with E-state index in [0.29, 0.717) is 12.2 Å². The van der Waals surface area contributed by atoms with E-state index in [0.717, 1.165) is 31.5 Å². The van der Waals surface area contributed by atoms with E-state index >= 15 is 0 Å². The number of carbonyl (C=O) groups excluding carboxylic acids is 1. The van der Waals surface area contributed by atoms with Crippen LogP contribution in [-0.2, 0) is 4.79 Å². The molecule has 0 spiro atoms. The summed E-state index contributed by atoms with van der Waals surface area (Å²) < 4.78 is 1.25. The highest BCUT2D eigenvalue weighted by molar-refractivity contribution is 6.19. The maximum Gasteiger partial charge on any atom is 0.333 e. The second kappa shape index (κ2) is 3.97. The molecule has 0 amide bonds. The molecule has 0 saturated carbocycles. The third-order valence-electron chi connectivity index (χ3n) is 3.41. The first-order valence-corrected chi connectivity index (χ1v) is 6.00. The molecule has 1 N–H and O–H groups in total. The molecule has 0 radical (unpaired) electrons. The Labute approximate surface area is 103 Å². The molecule has 2 aliphatic heterocycles. The van der Waals surface area contributed by atoms with E-state index in [1.165, 1.54) is 16.8 Å². The quantitative estimate of drug-likeness (QED) is 0.744. The van der Waals surface area contributed by atoms with Gasteiger partial charge in [0.05, 0.1) is 6.54 Å². The van der Waals surface area contributed by atoms with Crippen molar-refractivity contribution in [3.05, 3.63) is 38.8 Å². The van der Waals surface area contributed by atoms with E-state index in [9.17, 15) is 14.4 Å². The Balaban J connectivity index is 2.17. The van der Waals surface area contributed by atoms with Crippen LogP contribution in [0.15, 0.2) is 27.5 Å². The van der Waals surface area contributed by atoms with Crippen LogP contribution < -0.4 is 11.2 Å². The number of hydrogen-bond donors (Lipinski definition) is 1. The van der Waals surface area contributed by atoms with Crippen molar-refractivity contribution < 1.29 is 4.79 Å². The molecular formula is C12H13N3O3. The van der Waals surface area contributed by atoms with Crippen LogP contribution in [0.25, 0.3) is 5.70 Å². The van der Waals surface area contributed by atoms with Crippen molar-refractivity contribution in [2.24, 2.45) is 0 Å². The maximum absolute atomic E-state index is 12.0. The Kier molecular flexibility index (Phi) is 2.43. The summed E-state index contributed by atoms with van der Waals surface area (Å²) in [6.07, 6.45) is 4.29. The lowest BCUT2D eigenvalue weighted by molar-refractivity contribution is -0.113. The molecule has 0 bridgehead atoms. The summed E-state index contributed by atoms with van der Waals surface area (Å²) in [5.74, 6) is -0.0546. The fourth-order valence-electron chi connectivity index (χ4n) is 2.61. The summed E-state index contributed by atoms with van der Waals surface area (Å²) in [5, 5.41) is 0. The zero-order chi connectivity index (χ0) is 12.7. The van der Waals surface area contributed by atoms with Crippen LogP contribution in [0, 0.1) is 0 Å². The highest BCUT2D eigenvalue weighted by atomic mass is 16.2. The molecule has 6 nitrogen and oxygen atoms in total. The van der Waals surface area contributed by atoms with Crippen molar-refractivity contribution in [3.8, 4) is 0 Å². The Bertz CT molecular complexity index is 653. The number of fused-ring (bicyclic) bond motifs is 1. The molecule has 18 heavy (non-hydrogen) atoms. The van der Waals surface area contributed by atoms with Gasteiger partial charge in [-0.15, -0.1) is 0 Å². The molecule has 1 aromatic rings. The number of aromatic nitrogens is 2. The van der Waals surface area contributed by atoms with Gasteiger partial charge in [-0.25, -0.2) is 4.79 Å². The summed E-state index contributed by atoms with van der Waals surface area (Å²) in [7, 11) is 0. The lowest BCUT2D eigenvalue weighted by Gasteiger charge is -2.26.